The zero-order valence-electron chi connectivity index (χ0n) is 17.3. The lowest BCUT2D eigenvalue weighted by Crippen LogP contribution is -2.35. The number of hydrogen-bond acceptors (Lipinski definition) is 3. The Bertz CT molecular complexity index is 362. The Hall–Kier alpha value is -0.570. The minimum atomic E-state index is -0.649. The number of methoxy groups -OCH3 is 1. The van der Waals surface area contributed by atoms with Gasteiger partial charge in [-0.15, -0.1) is 0 Å². The summed E-state index contributed by atoms with van der Waals surface area (Å²) in [5, 5.41) is 0. The van der Waals surface area contributed by atoms with Gasteiger partial charge in [-0.2, -0.15) is 0 Å². The first-order valence-electron chi connectivity index (χ1n) is 10.9. The van der Waals surface area contributed by atoms with Crippen molar-refractivity contribution in [2.24, 2.45) is 0 Å². The molecule has 1 saturated heterocycles. The molecule has 1 heterocycles. The minimum absolute atomic E-state index is 0.167. The van der Waals surface area contributed by atoms with Crippen LogP contribution in [-0.2, 0) is 14.3 Å². The molecular formula is C22H42O3. The number of rotatable bonds is 16. The average molecular weight is 355 g/mol. The normalized spacial score (nSPS) is 21.3. The molecule has 1 fully saturated rings. The Morgan fingerprint density at radius 2 is 1.20 bits per heavy atom. The summed E-state index contributed by atoms with van der Waals surface area (Å²) in [6, 6.07) is 0. The number of esters is 1. The topological polar surface area (TPSA) is 38.8 Å². The molecule has 148 valence electrons. The Kier molecular flexibility index (Phi) is 10.7. The van der Waals surface area contributed by atoms with Crippen LogP contribution in [-0.4, -0.2) is 24.3 Å². The number of carbonyl (C=O) groups excluding carboxylic acids is 1. The highest BCUT2D eigenvalue weighted by molar-refractivity contribution is 5.84. The van der Waals surface area contributed by atoms with Gasteiger partial charge in [0.15, 0.2) is 5.60 Å². The van der Waals surface area contributed by atoms with E-state index >= 15 is 0 Å². The molecule has 0 radical (unpaired) electrons. The summed E-state index contributed by atoms with van der Waals surface area (Å²) in [5.74, 6) is -0.167. The van der Waals surface area contributed by atoms with Crippen LogP contribution in [0.4, 0.5) is 0 Å². The zero-order chi connectivity index (χ0) is 18.6. The monoisotopic (exact) mass is 354 g/mol. The summed E-state index contributed by atoms with van der Waals surface area (Å²) in [6.07, 6.45) is 18.6. The Morgan fingerprint density at radius 1 is 0.760 bits per heavy atom. The summed E-state index contributed by atoms with van der Waals surface area (Å²) < 4.78 is 11.0. The molecule has 0 bridgehead atoms. The third-order valence-electron chi connectivity index (χ3n) is 6.10. The maximum Gasteiger partial charge on any atom is 0.341 e. The van der Waals surface area contributed by atoms with Gasteiger partial charge in [0.2, 0.25) is 0 Å². The second-order valence-corrected chi connectivity index (χ2v) is 7.76. The van der Waals surface area contributed by atoms with Crippen LogP contribution in [0.5, 0.6) is 0 Å². The van der Waals surface area contributed by atoms with Gasteiger partial charge in [-0.25, -0.2) is 4.79 Å². The molecule has 0 saturated carbocycles. The fraction of sp³-hybridized carbons (Fsp3) is 0.955. The van der Waals surface area contributed by atoms with Crippen molar-refractivity contribution >= 4 is 5.97 Å². The first kappa shape index (κ1) is 22.5. The zero-order valence-corrected chi connectivity index (χ0v) is 17.3. The highest BCUT2D eigenvalue weighted by atomic mass is 16.7. The molecule has 0 amide bonds. The molecule has 0 N–H and O–H groups in total. The molecule has 1 atom stereocenters. The van der Waals surface area contributed by atoms with Gasteiger partial charge >= 0.3 is 5.97 Å². The molecular weight excluding hydrogens is 312 g/mol. The number of carbonyl (C=O) groups is 1. The van der Waals surface area contributed by atoms with Gasteiger partial charge < -0.3 is 9.47 Å². The van der Waals surface area contributed by atoms with E-state index in [1.807, 2.05) is 0 Å². The van der Waals surface area contributed by atoms with Crippen molar-refractivity contribution in [3.8, 4) is 0 Å². The number of hydrogen-bond donors (Lipinski definition) is 0. The molecule has 0 aromatic rings. The van der Waals surface area contributed by atoms with E-state index in [-0.39, 0.29) is 11.6 Å². The fourth-order valence-electron chi connectivity index (χ4n) is 4.26. The van der Waals surface area contributed by atoms with E-state index in [0.717, 1.165) is 25.7 Å². The maximum absolute atomic E-state index is 12.2. The van der Waals surface area contributed by atoms with Crippen molar-refractivity contribution in [3.05, 3.63) is 0 Å². The van der Waals surface area contributed by atoms with E-state index in [4.69, 9.17) is 9.47 Å². The predicted octanol–water partition coefficient (Wildman–Crippen LogP) is 6.58. The molecule has 0 aromatic heterocycles. The van der Waals surface area contributed by atoms with Crippen molar-refractivity contribution in [1.82, 2.24) is 0 Å². The van der Waals surface area contributed by atoms with Crippen molar-refractivity contribution in [2.45, 2.75) is 128 Å². The van der Waals surface area contributed by atoms with Crippen LogP contribution in [0, 0.1) is 0 Å². The third-order valence-corrected chi connectivity index (χ3v) is 6.10. The van der Waals surface area contributed by atoms with Gasteiger partial charge in [-0.3, -0.25) is 0 Å². The summed E-state index contributed by atoms with van der Waals surface area (Å²) in [6.45, 7) is 6.49. The first-order chi connectivity index (χ1) is 12.1. The van der Waals surface area contributed by atoms with E-state index in [1.165, 1.54) is 77.7 Å². The van der Waals surface area contributed by atoms with Crippen LogP contribution in [0.15, 0.2) is 0 Å². The van der Waals surface area contributed by atoms with Crippen LogP contribution < -0.4 is 0 Å². The summed E-state index contributed by atoms with van der Waals surface area (Å²) in [7, 11) is 1.48. The molecule has 1 unspecified atom stereocenters. The molecule has 0 aromatic carbocycles. The lowest BCUT2D eigenvalue weighted by Gasteiger charge is -2.16. The van der Waals surface area contributed by atoms with Crippen LogP contribution in [0.25, 0.3) is 0 Å². The van der Waals surface area contributed by atoms with Crippen molar-refractivity contribution in [1.29, 1.82) is 0 Å². The quantitative estimate of drug-likeness (QED) is 0.178. The second kappa shape index (κ2) is 11.9. The highest BCUT2D eigenvalue weighted by Gasteiger charge is 2.72. The summed E-state index contributed by atoms with van der Waals surface area (Å²) >= 11 is 0. The minimum Gasteiger partial charge on any atom is -0.467 e. The van der Waals surface area contributed by atoms with Gasteiger partial charge in [0, 0.05) is 0 Å². The van der Waals surface area contributed by atoms with Gasteiger partial charge in [0.1, 0.15) is 5.60 Å². The molecule has 3 heteroatoms. The Balaban J connectivity index is 2.08. The molecule has 1 aliphatic rings. The highest BCUT2D eigenvalue weighted by Crippen LogP contribution is 2.56. The van der Waals surface area contributed by atoms with E-state index < -0.39 is 5.60 Å². The lowest BCUT2D eigenvalue weighted by molar-refractivity contribution is -0.147. The van der Waals surface area contributed by atoms with Gasteiger partial charge in [0.25, 0.3) is 0 Å². The van der Waals surface area contributed by atoms with Gasteiger partial charge in [-0.1, -0.05) is 91.4 Å². The molecule has 3 nitrogen and oxygen atoms in total. The van der Waals surface area contributed by atoms with E-state index in [9.17, 15) is 4.79 Å². The average Bonchev–Trinajstić information content (AvgIpc) is 3.31. The van der Waals surface area contributed by atoms with Crippen LogP contribution in [0.1, 0.15) is 117 Å². The van der Waals surface area contributed by atoms with Crippen molar-refractivity contribution in [3.63, 3.8) is 0 Å². The van der Waals surface area contributed by atoms with Gasteiger partial charge in [-0.05, 0) is 25.7 Å². The van der Waals surface area contributed by atoms with Crippen LogP contribution >= 0.6 is 0 Å². The lowest BCUT2D eigenvalue weighted by atomic mass is 9.84. The van der Waals surface area contributed by atoms with Crippen LogP contribution in [0.3, 0.4) is 0 Å². The molecule has 0 aliphatic carbocycles. The van der Waals surface area contributed by atoms with E-state index in [0.29, 0.717) is 0 Å². The molecule has 0 spiro atoms. The third kappa shape index (κ3) is 6.27. The van der Waals surface area contributed by atoms with E-state index in [1.54, 1.807) is 0 Å². The second-order valence-electron chi connectivity index (χ2n) is 7.76. The van der Waals surface area contributed by atoms with Crippen LogP contribution in [0.2, 0.25) is 0 Å². The number of ether oxygens (including phenoxy) is 2. The smallest absolute Gasteiger partial charge is 0.341 e. The van der Waals surface area contributed by atoms with Gasteiger partial charge in [0.05, 0.1) is 7.11 Å². The maximum atomic E-state index is 12.2. The van der Waals surface area contributed by atoms with E-state index in [2.05, 4.69) is 20.8 Å². The standard InChI is InChI=1S/C22H42O3/c1-5-8-9-10-11-12-13-14-15-16-17-18-19-22(20(23)24-4)21(6-2,7-3)25-22/h5-19H2,1-4H3. The van der Waals surface area contributed by atoms with Crippen molar-refractivity contribution < 1.29 is 14.3 Å². The number of epoxide rings is 1. The summed E-state index contributed by atoms with van der Waals surface area (Å²) in [4.78, 5) is 12.2. The fourth-order valence-corrected chi connectivity index (χ4v) is 4.26. The predicted molar refractivity (Wildman–Crippen MR) is 105 cm³/mol. The molecule has 1 rings (SSSR count). The Labute approximate surface area is 156 Å². The summed E-state index contributed by atoms with van der Waals surface area (Å²) in [5.41, 5.74) is -0.915. The SMILES string of the molecule is CCCCCCCCCCCCCCC1(C(=O)OC)OC1(CC)CC. The Morgan fingerprint density at radius 3 is 1.56 bits per heavy atom. The largest absolute Gasteiger partial charge is 0.467 e. The number of unbranched alkanes of at least 4 members (excludes halogenated alkanes) is 11. The van der Waals surface area contributed by atoms with Crippen molar-refractivity contribution in [2.75, 3.05) is 7.11 Å². The first-order valence-corrected chi connectivity index (χ1v) is 10.9. The molecule has 25 heavy (non-hydrogen) atoms. The molecule has 1 aliphatic heterocycles.